The van der Waals surface area contributed by atoms with Gasteiger partial charge in [-0.25, -0.2) is 4.98 Å². The lowest BCUT2D eigenvalue weighted by atomic mass is 9.90. The van der Waals surface area contributed by atoms with Crippen LogP contribution in [0.25, 0.3) is 0 Å². The van der Waals surface area contributed by atoms with Gasteiger partial charge in [-0.1, -0.05) is 19.3 Å². The Bertz CT molecular complexity index is 806. The highest BCUT2D eigenvalue weighted by atomic mass is 32.1. The molecule has 2 fully saturated rings. The smallest absolute Gasteiger partial charge is 0.171 e. The van der Waals surface area contributed by atoms with E-state index >= 15 is 0 Å². The molecule has 29 heavy (non-hydrogen) atoms. The maximum absolute atomic E-state index is 10.9. The second-order valence-corrected chi connectivity index (χ2v) is 9.42. The highest BCUT2D eigenvalue weighted by Crippen LogP contribution is 2.39. The monoisotopic (exact) mass is 419 g/mol. The third kappa shape index (κ3) is 4.36. The van der Waals surface area contributed by atoms with Gasteiger partial charge in [0.25, 0.3) is 0 Å². The van der Waals surface area contributed by atoms with E-state index < -0.39 is 6.23 Å². The predicted molar refractivity (Wildman–Crippen MR) is 118 cm³/mol. The van der Waals surface area contributed by atoms with Gasteiger partial charge in [-0.2, -0.15) is 5.10 Å². The zero-order valence-corrected chi connectivity index (χ0v) is 18.0. The fourth-order valence-electron chi connectivity index (χ4n) is 4.59. The van der Waals surface area contributed by atoms with Crippen LogP contribution in [0.2, 0.25) is 0 Å². The average molecular weight is 420 g/mol. The molecule has 1 atom stereocenters. The zero-order chi connectivity index (χ0) is 20.4. The molecule has 6 N–H and O–H groups in total. The van der Waals surface area contributed by atoms with Crippen molar-refractivity contribution in [1.82, 2.24) is 14.8 Å². The number of nitrogens with two attached hydrogens (primary N) is 2. The van der Waals surface area contributed by atoms with E-state index in [9.17, 15) is 5.11 Å². The van der Waals surface area contributed by atoms with Crippen molar-refractivity contribution in [2.75, 3.05) is 35.6 Å². The van der Waals surface area contributed by atoms with E-state index in [0.29, 0.717) is 22.5 Å². The van der Waals surface area contributed by atoms with Crippen LogP contribution in [0, 0.1) is 5.92 Å². The molecule has 0 aromatic carbocycles. The summed E-state index contributed by atoms with van der Waals surface area (Å²) in [6, 6.07) is 0. The number of nitrogen functional groups attached to an aromatic ring is 1. The van der Waals surface area contributed by atoms with Crippen LogP contribution in [-0.4, -0.2) is 39.5 Å². The number of hydrogen-bond acceptors (Lipinski definition) is 8. The van der Waals surface area contributed by atoms with Crippen molar-refractivity contribution >= 4 is 27.8 Å². The van der Waals surface area contributed by atoms with E-state index in [1.807, 2.05) is 11.7 Å². The highest BCUT2D eigenvalue weighted by Gasteiger charge is 2.26. The van der Waals surface area contributed by atoms with Crippen LogP contribution in [0.15, 0.2) is 6.20 Å². The Morgan fingerprint density at radius 2 is 1.97 bits per heavy atom. The van der Waals surface area contributed by atoms with Gasteiger partial charge in [0, 0.05) is 26.1 Å². The lowest BCUT2D eigenvalue weighted by Gasteiger charge is -2.33. The minimum absolute atomic E-state index is 0.481. The first-order valence-corrected chi connectivity index (χ1v) is 11.6. The molecule has 2 aliphatic rings. The summed E-state index contributed by atoms with van der Waals surface area (Å²) in [6.07, 6.45) is 9.11. The Morgan fingerprint density at radius 1 is 1.24 bits per heavy atom. The molecule has 8 nitrogen and oxygen atoms in total. The molecule has 160 valence electrons. The Kier molecular flexibility index (Phi) is 6.26. The maximum Gasteiger partial charge on any atom is 0.171 e. The van der Waals surface area contributed by atoms with Gasteiger partial charge in [0.05, 0.1) is 16.9 Å². The summed E-state index contributed by atoms with van der Waals surface area (Å²) in [4.78, 5) is 7.04. The number of anilines is 3. The topological polar surface area (TPSA) is 118 Å². The molecule has 1 saturated heterocycles. The first-order valence-electron chi connectivity index (χ1n) is 10.7. The number of nitrogens with zero attached hydrogens (tertiary/aromatic N) is 4. The van der Waals surface area contributed by atoms with Gasteiger partial charge in [0.2, 0.25) is 0 Å². The van der Waals surface area contributed by atoms with Crippen molar-refractivity contribution in [2.45, 2.75) is 57.1 Å². The summed E-state index contributed by atoms with van der Waals surface area (Å²) in [5.41, 5.74) is 13.4. The van der Waals surface area contributed by atoms with Crippen molar-refractivity contribution < 1.29 is 5.11 Å². The van der Waals surface area contributed by atoms with Crippen LogP contribution in [0.3, 0.4) is 0 Å². The number of piperidine rings is 1. The van der Waals surface area contributed by atoms with Crippen molar-refractivity contribution in [2.24, 2.45) is 18.7 Å². The normalized spacial score (nSPS) is 20.2. The summed E-state index contributed by atoms with van der Waals surface area (Å²) in [6.45, 7) is 2.63. The number of nitrogens with one attached hydrogen (secondary N) is 1. The standard InChI is InChI=1S/C20H33N7OS/c1-26-20(27-9-7-13(11-21)8-10-27)15(12-23-26)24-18(28)16-17(22)29-19(25-16)14-5-3-2-4-6-14/h12-14,18,24,28H,2-11,21-22H2,1H3. The first kappa shape index (κ1) is 20.4. The Hall–Kier alpha value is -1.84. The minimum Gasteiger partial charge on any atom is -0.389 e. The molecule has 2 aromatic heterocycles. The second kappa shape index (κ2) is 8.89. The quantitative estimate of drug-likeness (QED) is 0.532. The lowest BCUT2D eigenvalue weighted by Crippen LogP contribution is -2.37. The first-order chi connectivity index (χ1) is 14.1. The number of aryl methyl sites for hydroxylation is 1. The van der Waals surface area contributed by atoms with Crippen LogP contribution in [-0.2, 0) is 7.05 Å². The van der Waals surface area contributed by atoms with Gasteiger partial charge < -0.3 is 26.8 Å². The molecule has 2 aromatic rings. The van der Waals surface area contributed by atoms with Crippen LogP contribution in [0.4, 0.5) is 16.5 Å². The molecule has 0 bridgehead atoms. The maximum atomic E-state index is 10.9. The molecule has 0 spiro atoms. The highest BCUT2D eigenvalue weighted by molar-refractivity contribution is 7.15. The molecular weight excluding hydrogens is 386 g/mol. The van der Waals surface area contributed by atoms with E-state index in [4.69, 9.17) is 16.5 Å². The summed E-state index contributed by atoms with van der Waals surface area (Å²) in [7, 11) is 1.93. The predicted octanol–water partition coefficient (Wildman–Crippen LogP) is 2.78. The SMILES string of the molecule is Cn1ncc(NC(O)c2nc(C3CCCCC3)sc2N)c1N1CCC(CN)CC1. The molecule has 4 rings (SSSR count). The second-order valence-electron chi connectivity index (χ2n) is 8.35. The van der Waals surface area contributed by atoms with Crippen LogP contribution >= 0.6 is 11.3 Å². The summed E-state index contributed by atoms with van der Waals surface area (Å²) >= 11 is 1.52. The molecule has 1 aliphatic carbocycles. The molecular formula is C20H33N7OS. The van der Waals surface area contributed by atoms with Gasteiger partial charge in [-0.15, -0.1) is 11.3 Å². The lowest BCUT2D eigenvalue weighted by molar-refractivity contribution is 0.204. The van der Waals surface area contributed by atoms with E-state index in [-0.39, 0.29) is 0 Å². The van der Waals surface area contributed by atoms with Crippen molar-refractivity contribution in [3.05, 3.63) is 16.9 Å². The summed E-state index contributed by atoms with van der Waals surface area (Å²) in [5, 5.41) is 20.1. The van der Waals surface area contributed by atoms with Gasteiger partial charge in [0.1, 0.15) is 16.5 Å². The summed E-state index contributed by atoms with van der Waals surface area (Å²) in [5.74, 6) is 2.06. The largest absolute Gasteiger partial charge is 0.389 e. The van der Waals surface area contributed by atoms with Crippen LogP contribution in [0.5, 0.6) is 0 Å². The minimum atomic E-state index is -0.951. The number of rotatable bonds is 6. The van der Waals surface area contributed by atoms with E-state index in [2.05, 4.69) is 15.3 Å². The Balaban J connectivity index is 1.48. The van der Waals surface area contributed by atoms with Crippen LogP contribution in [0.1, 0.15) is 67.8 Å². The molecule has 0 radical (unpaired) electrons. The Morgan fingerprint density at radius 3 is 2.66 bits per heavy atom. The van der Waals surface area contributed by atoms with Gasteiger partial charge in [0.15, 0.2) is 6.23 Å². The van der Waals surface area contributed by atoms with Gasteiger partial charge in [-0.05, 0) is 38.1 Å². The van der Waals surface area contributed by atoms with Crippen molar-refractivity contribution in [1.29, 1.82) is 0 Å². The van der Waals surface area contributed by atoms with Gasteiger partial charge >= 0.3 is 0 Å². The zero-order valence-electron chi connectivity index (χ0n) is 17.2. The Labute approximate surface area is 176 Å². The fraction of sp³-hybridized carbons (Fsp3) is 0.700. The van der Waals surface area contributed by atoms with E-state index in [1.165, 1.54) is 43.4 Å². The molecule has 1 aliphatic heterocycles. The van der Waals surface area contributed by atoms with Crippen LogP contribution < -0.4 is 21.7 Å². The number of aromatic nitrogens is 3. The number of thiazole rings is 1. The third-order valence-electron chi connectivity index (χ3n) is 6.36. The average Bonchev–Trinajstić information content (AvgIpc) is 3.31. The summed E-state index contributed by atoms with van der Waals surface area (Å²) < 4.78 is 1.86. The van der Waals surface area contributed by atoms with E-state index in [1.54, 1.807) is 6.20 Å². The molecule has 0 amide bonds. The molecule has 3 heterocycles. The molecule has 9 heteroatoms. The fourth-order valence-corrected chi connectivity index (χ4v) is 5.62. The van der Waals surface area contributed by atoms with Crippen molar-refractivity contribution in [3.63, 3.8) is 0 Å². The number of hydrogen-bond donors (Lipinski definition) is 4. The number of aliphatic hydroxyl groups is 1. The van der Waals surface area contributed by atoms with Crippen molar-refractivity contribution in [3.8, 4) is 0 Å². The third-order valence-corrected chi connectivity index (χ3v) is 7.42. The molecule has 1 unspecified atom stereocenters. The van der Waals surface area contributed by atoms with E-state index in [0.717, 1.165) is 49.0 Å². The molecule has 1 saturated carbocycles. The van der Waals surface area contributed by atoms with Gasteiger partial charge in [-0.3, -0.25) is 4.68 Å². The number of aliphatic hydroxyl groups excluding tert-OH is 1.